The number of anilines is 2. The summed E-state index contributed by atoms with van der Waals surface area (Å²) in [5.74, 6) is 0. The number of nitriles is 1. The van der Waals surface area contributed by atoms with Crippen molar-refractivity contribution in [3.05, 3.63) is 51.4 Å². The zero-order valence-electron chi connectivity index (χ0n) is 14.8. The van der Waals surface area contributed by atoms with Crippen LogP contribution in [0.15, 0.2) is 35.3 Å². The maximum atomic E-state index is 12.8. The molecule has 1 aliphatic heterocycles. The first-order chi connectivity index (χ1) is 13.1. The highest BCUT2D eigenvalue weighted by Crippen LogP contribution is 2.36. The molecule has 6 nitrogen and oxygen atoms in total. The third kappa shape index (κ3) is 3.32. The van der Waals surface area contributed by atoms with Crippen LogP contribution in [0, 0.1) is 11.3 Å². The standard InChI is InChI=1S/C19H18ClN5OS/c1-24-9-6-12(7-10-24)25-19(26)14(11-21)18(27-25)23-17-13-3-2-8-22-16(13)5-4-15(17)20/h2-5,8,12,23H,6-7,9-10H2,1H3. The maximum absolute atomic E-state index is 12.8. The minimum absolute atomic E-state index is 0.131. The van der Waals surface area contributed by atoms with Gasteiger partial charge in [-0.3, -0.25) is 13.7 Å². The predicted molar refractivity (Wildman–Crippen MR) is 109 cm³/mol. The smallest absolute Gasteiger partial charge is 0.281 e. The Bertz CT molecular complexity index is 1090. The molecule has 1 N–H and O–H groups in total. The van der Waals surface area contributed by atoms with E-state index in [1.165, 1.54) is 11.5 Å². The molecule has 27 heavy (non-hydrogen) atoms. The van der Waals surface area contributed by atoms with E-state index in [2.05, 4.69) is 28.3 Å². The van der Waals surface area contributed by atoms with E-state index < -0.39 is 0 Å². The average molecular weight is 400 g/mol. The Morgan fingerprint density at radius 3 is 2.85 bits per heavy atom. The van der Waals surface area contributed by atoms with Gasteiger partial charge in [0.15, 0.2) is 5.56 Å². The molecule has 0 saturated carbocycles. The lowest BCUT2D eigenvalue weighted by Gasteiger charge is -2.28. The number of hydrogen-bond donors (Lipinski definition) is 1. The highest BCUT2D eigenvalue weighted by Gasteiger charge is 2.25. The van der Waals surface area contributed by atoms with Gasteiger partial charge in [-0.1, -0.05) is 11.6 Å². The van der Waals surface area contributed by atoms with E-state index in [1.807, 2.05) is 18.2 Å². The molecule has 0 unspecified atom stereocenters. The molecule has 1 aliphatic rings. The topological polar surface area (TPSA) is 74.0 Å². The van der Waals surface area contributed by atoms with Crippen molar-refractivity contribution in [2.45, 2.75) is 18.9 Å². The van der Waals surface area contributed by atoms with Crippen LogP contribution in [0.1, 0.15) is 24.4 Å². The van der Waals surface area contributed by atoms with Crippen molar-refractivity contribution in [3.8, 4) is 6.07 Å². The molecule has 0 amide bonds. The van der Waals surface area contributed by atoms with Crippen LogP contribution in [0.25, 0.3) is 10.9 Å². The second-order valence-electron chi connectivity index (χ2n) is 6.69. The van der Waals surface area contributed by atoms with Gasteiger partial charge in [0.25, 0.3) is 5.56 Å². The summed E-state index contributed by atoms with van der Waals surface area (Å²) >= 11 is 7.70. The molecule has 3 heterocycles. The minimum Gasteiger partial charge on any atom is -0.343 e. The Morgan fingerprint density at radius 2 is 2.11 bits per heavy atom. The summed E-state index contributed by atoms with van der Waals surface area (Å²) in [5, 5.41) is 14.7. The van der Waals surface area contributed by atoms with Crippen molar-refractivity contribution in [1.29, 1.82) is 5.26 Å². The molecule has 0 atom stereocenters. The molecule has 1 aromatic carbocycles. The van der Waals surface area contributed by atoms with E-state index in [1.54, 1.807) is 16.2 Å². The average Bonchev–Trinajstić information content (AvgIpc) is 3.00. The van der Waals surface area contributed by atoms with Crippen molar-refractivity contribution in [2.24, 2.45) is 0 Å². The SMILES string of the molecule is CN1CCC(n2sc(Nc3c(Cl)ccc4ncccc34)c(C#N)c2=O)CC1. The van der Waals surface area contributed by atoms with Gasteiger partial charge in [0, 0.05) is 11.6 Å². The van der Waals surface area contributed by atoms with Crippen LogP contribution in [0.2, 0.25) is 5.02 Å². The number of nitrogens with one attached hydrogen (secondary N) is 1. The molecule has 0 bridgehead atoms. The van der Waals surface area contributed by atoms with Gasteiger partial charge in [-0.05, 0) is 68.8 Å². The first-order valence-electron chi connectivity index (χ1n) is 8.73. The van der Waals surface area contributed by atoms with Gasteiger partial charge in [-0.25, -0.2) is 0 Å². The van der Waals surface area contributed by atoms with Crippen LogP contribution in [0.4, 0.5) is 10.7 Å². The largest absolute Gasteiger partial charge is 0.343 e. The second-order valence-corrected chi connectivity index (χ2v) is 8.08. The van der Waals surface area contributed by atoms with E-state index in [0.717, 1.165) is 36.8 Å². The summed E-state index contributed by atoms with van der Waals surface area (Å²) in [5.41, 5.74) is 1.37. The Kier molecular flexibility index (Phi) is 4.87. The maximum Gasteiger partial charge on any atom is 0.281 e. The van der Waals surface area contributed by atoms with Crippen LogP contribution in [-0.4, -0.2) is 34.0 Å². The number of nitrogens with zero attached hydrogens (tertiary/aromatic N) is 4. The summed E-state index contributed by atoms with van der Waals surface area (Å²) in [6, 6.07) is 9.56. The van der Waals surface area contributed by atoms with Crippen LogP contribution in [0.5, 0.6) is 0 Å². The lowest BCUT2D eigenvalue weighted by Crippen LogP contribution is -2.33. The molecule has 138 valence electrons. The summed E-state index contributed by atoms with van der Waals surface area (Å²) < 4.78 is 1.74. The number of rotatable bonds is 3. The fraction of sp³-hybridized carbons (Fsp3) is 0.316. The van der Waals surface area contributed by atoms with E-state index in [4.69, 9.17) is 11.6 Å². The van der Waals surface area contributed by atoms with E-state index >= 15 is 0 Å². The van der Waals surface area contributed by atoms with Gasteiger partial charge in [-0.2, -0.15) is 5.26 Å². The quantitative estimate of drug-likeness (QED) is 0.720. The normalized spacial score (nSPS) is 15.7. The molecule has 0 aliphatic carbocycles. The highest BCUT2D eigenvalue weighted by molar-refractivity contribution is 7.11. The van der Waals surface area contributed by atoms with Crippen molar-refractivity contribution in [1.82, 2.24) is 13.8 Å². The lowest BCUT2D eigenvalue weighted by atomic mass is 10.1. The van der Waals surface area contributed by atoms with Crippen LogP contribution < -0.4 is 10.9 Å². The fourth-order valence-corrected chi connectivity index (χ4v) is 4.73. The molecule has 0 spiro atoms. The van der Waals surface area contributed by atoms with E-state index in [9.17, 15) is 10.1 Å². The summed E-state index contributed by atoms with van der Waals surface area (Å²) in [6.45, 7) is 1.89. The van der Waals surface area contributed by atoms with Crippen molar-refractivity contribution < 1.29 is 0 Å². The van der Waals surface area contributed by atoms with Gasteiger partial charge in [0.2, 0.25) is 0 Å². The molecule has 2 aromatic heterocycles. The van der Waals surface area contributed by atoms with Gasteiger partial charge < -0.3 is 10.2 Å². The molecule has 3 aromatic rings. The van der Waals surface area contributed by atoms with Gasteiger partial charge in [-0.15, -0.1) is 0 Å². The van der Waals surface area contributed by atoms with Crippen LogP contribution in [0.3, 0.4) is 0 Å². The lowest BCUT2D eigenvalue weighted by molar-refractivity contribution is 0.226. The molecule has 4 rings (SSSR count). The highest BCUT2D eigenvalue weighted by atomic mass is 35.5. The summed E-state index contributed by atoms with van der Waals surface area (Å²) in [6.07, 6.45) is 3.52. The molecule has 1 fully saturated rings. The Hall–Kier alpha value is -2.40. The first kappa shape index (κ1) is 18.0. The van der Waals surface area contributed by atoms with Crippen LogP contribution in [-0.2, 0) is 0 Å². The monoisotopic (exact) mass is 399 g/mol. The van der Waals surface area contributed by atoms with Crippen molar-refractivity contribution in [2.75, 3.05) is 25.5 Å². The number of aromatic nitrogens is 2. The second kappa shape index (κ2) is 7.31. The van der Waals surface area contributed by atoms with Crippen molar-refractivity contribution in [3.63, 3.8) is 0 Å². The molecular formula is C19H18ClN5OS. The fourth-order valence-electron chi connectivity index (χ4n) is 3.41. The van der Waals surface area contributed by atoms with Gasteiger partial charge in [0.05, 0.1) is 22.3 Å². The van der Waals surface area contributed by atoms with Gasteiger partial charge in [0.1, 0.15) is 11.1 Å². The molecule has 0 radical (unpaired) electrons. The van der Waals surface area contributed by atoms with Crippen LogP contribution >= 0.6 is 23.1 Å². The Balaban J connectivity index is 1.75. The number of pyridine rings is 1. The third-order valence-corrected chi connectivity index (χ3v) is 6.40. The molecule has 1 saturated heterocycles. The molecule has 8 heteroatoms. The zero-order valence-corrected chi connectivity index (χ0v) is 16.3. The number of likely N-dealkylation sites (tertiary alicyclic amines) is 1. The summed E-state index contributed by atoms with van der Waals surface area (Å²) in [7, 11) is 2.08. The van der Waals surface area contributed by atoms with E-state index in [-0.39, 0.29) is 17.2 Å². The number of benzene rings is 1. The summed E-state index contributed by atoms with van der Waals surface area (Å²) in [4.78, 5) is 19.4. The Morgan fingerprint density at radius 1 is 1.33 bits per heavy atom. The number of fused-ring (bicyclic) bond motifs is 1. The number of piperidine rings is 1. The number of hydrogen-bond acceptors (Lipinski definition) is 6. The minimum atomic E-state index is -0.228. The van der Waals surface area contributed by atoms with Crippen molar-refractivity contribution >= 4 is 44.7 Å². The van der Waals surface area contributed by atoms with Gasteiger partial charge >= 0.3 is 0 Å². The Labute approximate surface area is 165 Å². The zero-order chi connectivity index (χ0) is 19.0. The number of halogens is 1. The molecular weight excluding hydrogens is 382 g/mol. The predicted octanol–water partition coefficient (Wildman–Crippen LogP) is 3.99. The van der Waals surface area contributed by atoms with E-state index in [0.29, 0.717) is 15.7 Å². The first-order valence-corrected chi connectivity index (χ1v) is 9.88. The third-order valence-electron chi connectivity index (χ3n) is 4.94.